The number of hydrogen-bond acceptors (Lipinski definition) is 3. The van der Waals surface area contributed by atoms with E-state index in [0.717, 1.165) is 35.0 Å². The molecular formula is C43H35N3O. The predicted octanol–water partition coefficient (Wildman–Crippen LogP) is 11.4. The topological polar surface area (TPSA) is 20.6 Å². The number of anilines is 4. The minimum atomic E-state index is 0.113. The molecule has 2 aliphatic carbocycles. The number of para-hydroxylation sites is 6. The Morgan fingerprint density at radius 2 is 1.36 bits per heavy atom. The van der Waals surface area contributed by atoms with Crippen molar-refractivity contribution in [1.29, 1.82) is 0 Å². The summed E-state index contributed by atoms with van der Waals surface area (Å²) in [5.74, 6) is 2.03. The van der Waals surface area contributed by atoms with Gasteiger partial charge in [-0.2, -0.15) is 0 Å². The molecule has 9 rings (SSSR count). The third-order valence-corrected chi connectivity index (χ3v) is 9.73. The van der Waals surface area contributed by atoms with Gasteiger partial charge in [0.1, 0.15) is 0 Å². The molecule has 6 aromatic rings. The van der Waals surface area contributed by atoms with Crippen LogP contribution in [0.15, 0.2) is 170 Å². The number of allylic oxidation sites excluding steroid dienone is 5. The van der Waals surface area contributed by atoms with Gasteiger partial charge in [-0.25, -0.2) is 0 Å². The molecule has 0 saturated heterocycles. The largest absolute Gasteiger partial charge is 0.453 e. The molecular weight excluding hydrogens is 574 g/mol. The second kappa shape index (κ2) is 11.3. The normalized spacial score (nSPS) is 19.7. The summed E-state index contributed by atoms with van der Waals surface area (Å²) >= 11 is 0. The monoisotopic (exact) mass is 609 g/mol. The van der Waals surface area contributed by atoms with E-state index in [1.165, 1.54) is 33.2 Å². The fourth-order valence-corrected chi connectivity index (χ4v) is 7.53. The first kappa shape index (κ1) is 27.6. The van der Waals surface area contributed by atoms with Gasteiger partial charge in [0.25, 0.3) is 0 Å². The van der Waals surface area contributed by atoms with Crippen LogP contribution in [0.4, 0.5) is 22.7 Å². The van der Waals surface area contributed by atoms with Crippen molar-refractivity contribution in [2.75, 3.05) is 9.80 Å². The molecule has 5 aromatic carbocycles. The van der Waals surface area contributed by atoms with Crippen LogP contribution in [0.1, 0.15) is 19.4 Å². The summed E-state index contributed by atoms with van der Waals surface area (Å²) in [6.07, 6.45) is 16.9. The second-order valence-corrected chi connectivity index (χ2v) is 12.6. The molecule has 0 amide bonds. The number of benzene rings is 5. The summed E-state index contributed by atoms with van der Waals surface area (Å²) in [5.41, 5.74) is 8.14. The molecule has 0 fully saturated rings. The van der Waals surface area contributed by atoms with E-state index < -0.39 is 0 Å². The van der Waals surface area contributed by atoms with E-state index in [0.29, 0.717) is 5.92 Å². The summed E-state index contributed by atoms with van der Waals surface area (Å²) in [6, 6.07) is 43.7. The summed E-state index contributed by atoms with van der Waals surface area (Å²) in [6.45, 7) is 2.32. The maximum atomic E-state index is 6.33. The lowest BCUT2D eigenvalue weighted by molar-refractivity contribution is 0.474. The van der Waals surface area contributed by atoms with Crippen LogP contribution in [-0.4, -0.2) is 10.6 Å². The van der Waals surface area contributed by atoms with E-state index in [9.17, 15) is 0 Å². The molecule has 2 heterocycles. The lowest BCUT2D eigenvalue weighted by Crippen LogP contribution is -2.29. The highest BCUT2D eigenvalue weighted by Crippen LogP contribution is 2.50. The van der Waals surface area contributed by atoms with Gasteiger partial charge >= 0.3 is 0 Å². The molecule has 4 nitrogen and oxygen atoms in total. The first-order chi connectivity index (χ1) is 23.2. The van der Waals surface area contributed by atoms with Crippen LogP contribution in [0.25, 0.3) is 21.8 Å². The highest BCUT2D eigenvalue weighted by Gasteiger charge is 2.30. The first-order valence-corrected chi connectivity index (χ1v) is 16.5. The molecule has 1 aliphatic heterocycles. The van der Waals surface area contributed by atoms with E-state index in [1.807, 2.05) is 24.3 Å². The standard InChI is InChI=1S/C43H35N3O/c1-30-24-25-34(45-39-20-10-12-22-42(39)47-43-23-13-11-21-40(43)45)29-41(30)46-37-19-9-8-18-35(37)36-28-33(26-27-38(36)46)44(31-14-4-2-5-15-31)32-16-6-3-7-17-32/h2-16,18-30,32,41H,17H2,1H3. The minimum Gasteiger partial charge on any atom is -0.453 e. The van der Waals surface area contributed by atoms with Crippen LogP contribution in [0, 0.1) is 5.92 Å². The van der Waals surface area contributed by atoms with Crippen LogP contribution >= 0.6 is 0 Å². The van der Waals surface area contributed by atoms with E-state index >= 15 is 0 Å². The zero-order chi connectivity index (χ0) is 31.3. The molecule has 228 valence electrons. The summed E-state index contributed by atoms with van der Waals surface area (Å²) in [4.78, 5) is 4.82. The zero-order valence-electron chi connectivity index (χ0n) is 26.3. The van der Waals surface area contributed by atoms with Gasteiger partial charge in [-0.05, 0) is 85.2 Å². The maximum Gasteiger partial charge on any atom is 0.151 e. The number of aromatic nitrogens is 1. The average molecular weight is 610 g/mol. The minimum absolute atomic E-state index is 0.113. The van der Waals surface area contributed by atoms with Crippen LogP contribution in [0.5, 0.6) is 11.5 Å². The lowest BCUT2D eigenvalue weighted by atomic mass is 9.94. The predicted molar refractivity (Wildman–Crippen MR) is 195 cm³/mol. The van der Waals surface area contributed by atoms with E-state index in [4.69, 9.17) is 4.74 Å². The Labute approximate surface area is 275 Å². The molecule has 3 unspecified atom stereocenters. The van der Waals surface area contributed by atoms with Crippen LogP contribution in [0.3, 0.4) is 0 Å². The number of ether oxygens (including phenoxy) is 1. The van der Waals surface area contributed by atoms with Crippen molar-refractivity contribution < 1.29 is 4.74 Å². The molecule has 0 radical (unpaired) electrons. The van der Waals surface area contributed by atoms with Gasteiger partial charge in [-0.3, -0.25) is 0 Å². The SMILES string of the molecule is CC1C=CC(N2c3ccccc3Oc3ccccc32)=CC1n1c2ccccc2c2cc(N(c3ccccc3)C3C=CC=CC3)ccc21. The number of hydrogen-bond donors (Lipinski definition) is 0. The third kappa shape index (κ3) is 4.59. The van der Waals surface area contributed by atoms with Gasteiger partial charge in [0, 0.05) is 38.9 Å². The highest BCUT2D eigenvalue weighted by atomic mass is 16.5. The third-order valence-electron chi connectivity index (χ3n) is 9.73. The summed E-state index contributed by atoms with van der Waals surface area (Å²) < 4.78 is 8.88. The van der Waals surface area contributed by atoms with Crippen molar-refractivity contribution in [3.8, 4) is 11.5 Å². The Morgan fingerprint density at radius 3 is 2.13 bits per heavy atom. The molecule has 3 atom stereocenters. The first-order valence-electron chi connectivity index (χ1n) is 16.5. The van der Waals surface area contributed by atoms with Gasteiger partial charge in [0.05, 0.1) is 23.5 Å². The maximum absolute atomic E-state index is 6.33. The lowest BCUT2D eigenvalue weighted by Gasteiger charge is -2.36. The molecule has 1 aromatic heterocycles. The van der Waals surface area contributed by atoms with Gasteiger partial charge < -0.3 is 19.1 Å². The highest BCUT2D eigenvalue weighted by molar-refractivity contribution is 6.09. The molecule has 3 aliphatic rings. The Hall–Kier alpha value is -5.74. The van der Waals surface area contributed by atoms with Crippen molar-refractivity contribution >= 4 is 44.6 Å². The van der Waals surface area contributed by atoms with E-state index in [1.54, 1.807) is 0 Å². The number of fused-ring (bicyclic) bond motifs is 5. The van der Waals surface area contributed by atoms with Crippen LogP contribution < -0.4 is 14.5 Å². The quantitative estimate of drug-likeness (QED) is 0.194. The molecule has 0 saturated carbocycles. The Kier molecular flexibility index (Phi) is 6.60. The number of nitrogens with zero attached hydrogens (tertiary/aromatic N) is 3. The number of rotatable bonds is 5. The van der Waals surface area contributed by atoms with Gasteiger partial charge in [0.2, 0.25) is 0 Å². The van der Waals surface area contributed by atoms with Gasteiger partial charge in [0.15, 0.2) is 11.5 Å². The Balaban J connectivity index is 1.20. The van der Waals surface area contributed by atoms with Crippen LogP contribution in [0.2, 0.25) is 0 Å². The van der Waals surface area contributed by atoms with Crippen molar-refractivity contribution in [1.82, 2.24) is 4.57 Å². The summed E-state index contributed by atoms with van der Waals surface area (Å²) in [5, 5.41) is 2.54. The van der Waals surface area contributed by atoms with Crippen molar-refractivity contribution in [2.24, 2.45) is 5.92 Å². The Bertz CT molecular complexity index is 2210. The van der Waals surface area contributed by atoms with Crippen LogP contribution in [-0.2, 0) is 0 Å². The van der Waals surface area contributed by atoms with Crippen molar-refractivity contribution in [3.05, 3.63) is 170 Å². The molecule has 0 spiro atoms. The van der Waals surface area contributed by atoms with Crippen molar-refractivity contribution in [3.63, 3.8) is 0 Å². The van der Waals surface area contributed by atoms with Crippen molar-refractivity contribution in [2.45, 2.75) is 25.4 Å². The second-order valence-electron chi connectivity index (χ2n) is 12.6. The smallest absolute Gasteiger partial charge is 0.151 e. The summed E-state index contributed by atoms with van der Waals surface area (Å²) in [7, 11) is 0. The molecule has 0 N–H and O–H groups in total. The fraction of sp³-hybridized carbons (Fsp3) is 0.116. The molecule has 47 heavy (non-hydrogen) atoms. The van der Waals surface area contributed by atoms with Gasteiger partial charge in [-0.1, -0.05) is 98.0 Å². The van der Waals surface area contributed by atoms with E-state index in [-0.39, 0.29) is 12.1 Å². The Morgan fingerprint density at radius 1 is 0.660 bits per heavy atom. The fourth-order valence-electron chi connectivity index (χ4n) is 7.53. The van der Waals surface area contributed by atoms with E-state index in [2.05, 4.69) is 161 Å². The average Bonchev–Trinajstić information content (AvgIpc) is 3.45. The molecule has 0 bridgehead atoms. The van der Waals surface area contributed by atoms with Gasteiger partial charge in [-0.15, -0.1) is 0 Å². The molecule has 4 heteroatoms. The zero-order valence-corrected chi connectivity index (χ0v) is 26.3.